The SMILES string of the molecule is CC(C)CC(N)(CC(C)C)OC(C)C. The van der Waals surface area contributed by atoms with Gasteiger partial charge in [-0.3, -0.25) is 0 Å². The number of nitrogens with two attached hydrogens (primary N) is 1. The quantitative estimate of drug-likeness (QED) is 0.670. The number of ether oxygens (including phenoxy) is 1. The molecule has 2 heteroatoms. The molecule has 86 valence electrons. The van der Waals surface area contributed by atoms with Crippen LogP contribution in [0.5, 0.6) is 0 Å². The van der Waals surface area contributed by atoms with E-state index in [1.54, 1.807) is 0 Å². The second-order valence-corrected chi connectivity index (χ2v) is 5.43. The predicted molar refractivity (Wildman–Crippen MR) is 62.0 cm³/mol. The molecule has 0 aliphatic rings. The summed E-state index contributed by atoms with van der Waals surface area (Å²) in [5.74, 6) is 1.16. The van der Waals surface area contributed by atoms with Gasteiger partial charge in [-0.25, -0.2) is 0 Å². The summed E-state index contributed by atoms with van der Waals surface area (Å²) < 4.78 is 5.84. The molecule has 0 saturated heterocycles. The minimum Gasteiger partial charge on any atom is -0.358 e. The van der Waals surface area contributed by atoms with Gasteiger partial charge in [-0.1, -0.05) is 27.7 Å². The first-order chi connectivity index (χ1) is 6.25. The Morgan fingerprint density at radius 1 is 0.929 bits per heavy atom. The fourth-order valence-corrected chi connectivity index (χ4v) is 2.03. The Balaban J connectivity index is 4.32. The first kappa shape index (κ1) is 13.9. The van der Waals surface area contributed by atoms with Crippen LogP contribution in [0.3, 0.4) is 0 Å². The summed E-state index contributed by atoms with van der Waals surface area (Å²) in [6, 6.07) is 0. The zero-order chi connectivity index (χ0) is 11.4. The lowest BCUT2D eigenvalue weighted by atomic mass is 9.92. The Morgan fingerprint density at radius 3 is 1.50 bits per heavy atom. The van der Waals surface area contributed by atoms with E-state index in [9.17, 15) is 0 Å². The van der Waals surface area contributed by atoms with E-state index in [0.29, 0.717) is 11.8 Å². The summed E-state index contributed by atoms with van der Waals surface area (Å²) in [4.78, 5) is 0. The molecule has 2 N–H and O–H groups in total. The van der Waals surface area contributed by atoms with Gasteiger partial charge in [0.2, 0.25) is 0 Å². The van der Waals surface area contributed by atoms with Crippen molar-refractivity contribution in [3.63, 3.8) is 0 Å². The molecule has 0 aliphatic heterocycles. The van der Waals surface area contributed by atoms with Gasteiger partial charge in [0.25, 0.3) is 0 Å². The van der Waals surface area contributed by atoms with E-state index in [0.717, 1.165) is 12.8 Å². The van der Waals surface area contributed by atoms with Crippen LogP contribution in [0, 0.1) is 11.8 Å². The minimum absolute atomic E-state index is 0.206. The Hall–Kier alpha value is -0.0800. The summed E-state index contributed by atoms with van der Waals surface area (Å²) in [5, 5.41) is 0. The van der Waals surface area contributed by atoms with Gasteiger partial charge in [0, 0.05) is 0 Å². The molecule has 0 heterocycles. The van der Waals surface area contributed by atoms with Gasteiger partial charge in [0.1, 0.15) is 5.72 Å². The average Bonchev–Trinajstić information content (AvgIpc) is 1.76. The third-order valence-corrected chi connectivity index (χ3v) is 1.98. The zero-order valence-electron chi connectivity index (χ0n) is 10.6. The van der Waals surface area contributed by atoms with Crippen LogP contribution >= 0.6 is 0 Å². The molecular formula is C12H27NO. The van der Waals surface area contributed by atoms with Gasteiger partial charge >= 0.3 is 0 Å². The first-order valence-electron chi connectivity index (χ1n) is 5.72. The van der Waals surface area contributed by atoms with Gasteiger partial charge in [-0.05, 0) is 38.5 Å². The van der Waals surface area contributed by atoms with Crippen molar-refractivity contribution in [2.45, 2.75) is 66.2 Å². The van der Waals surface area contributed by atoms with Crippen molar-refractivity contribution in [1.29, 1.82) is 0 Å². The van der Waals surface area contributed by atoms with Gasteiger partial charge < -0.3 is 10.5 Å². The van der Waals surface area contributed by atoms with Crippen molar-refractivity contribution in [2.24, 2.45) is 17.6 Å². The maximum atomic E-state index is 6.28. The first-order valence-corrected chi connectivity index (χ1v) is 5.72. The summed E-state index contributed by atoms with van der Waals surface area (Å²) in [7, 11) is 0. The van der Waals surface area contributed by atoms with Gasteiger partial charge in [-0.15, -0.1) is 0 Å². The van der Waals surface area contributed by atoms with Crippen molar-refractivity contribution in [1.82, 2.24) is 0 Å². The van der Waals surface area contributed by atoms with E-state index in [1.165, 1.54) is 0 Å². The van der Waals surface area contributed by atoms with Crippen LogP contribution in [0.1, 0.15) is 54.4 Å². The van der Waals surface area contributed by atoms with E-state index < -0.39 is 5.72 Å². The Morgan fingerprint density at radius 2 is 1.29 bits per heavy atom. The average molecular weight is 201 g/mol. The van der Waals surface area contributed by atoms with Crippen LogP contribution in [0.25, 0.3) is 0 Å². The molecule has 0 fully saturated rings. The zero-order valence-corrected chi connectivity index (χ0v) is 10.6. The molecule has 0 amide bonds. The maximum absolute atomic E-state index is 6.28. The Labute approximate surface area is 89.2 Å². The highest BCUT2D eigenvalue weighted by atomic mass is 16.5. The van der Waals surface area contributed by atoms with Crippen molar-refractivity contribution in [3.05, 3.63) is 0 Å². The van der Waals surface area contributed by atoms with Crippen LogP contribution in [-0.4, -0.2) is 11.8 Å². The number of rotatable bonds is 6. The number of hydrogen-bond donors (Lipinski definition) is 1. The predicted octanol–water partition coefficient (Wildman–Crippen LogP) is 3.16. The van der Waals surface area contributed by atoms with E-state index >= 15 is 0 Å². The minimum atomic E-state index is -0.434. The van der Waals surface area contributed by atoms with Gasteiger partial charge in [0.05, 0.1) is 6.10 Å². The lowest BCUT2D eigenvalue weighted by molar-refractivity contribution is -0.0991. The van der Waals surface area contributed by atoms with Crippen LogP contribution in [0.4, 0.5) is 0 Å². The normalized spacial score (nSPS) is 13.3. The molecular weight excluding hydrogens is 174 g/mol. The molecule has 0 bridgehead atoms. The van der Waals surface area contributed by atoms with Crippen molar-refractivity contribution < 1.29 is 4.74 Å². The molecule has 0 unspecified atom stereocenters. The smallest absolute Gasteiger partial charge is 0.117 e. The third kappa shape index (κ3) is 6.39. The molecule has 0 aromatic rings. The largest absolute Gasteiger partial charge is 0.358 e. The second-order valence-electron chi connectivity index (χ2n) is 5.43. The molecule has 0 aliphatic carbocycles. The van der Waals surface area contributed by atoms with Gasteiger partial charge in [-0.2, -0.15) is 0 Å². The fraction of sp³-hybridized carbons (Fsp3) is 1.00. The number of hydrogen-bond acceptors (Lipinski definition) is 2. The van der Waals surface area contributed by atoms with Crippen LogP contribution in [0.2, 0.25) is 0 Å². The van der Waals surface area contributed by atoms with Crippen molar-refractivity contribution in [3.8, 4) is 0 Å². The summed E-state index contributed by atoms with van der Waals surface area (Å²) in [5.41, 5.74) is 5.84. The molecule has 2 nitrogen and oxygen atoms in total. The summed E-state index contributed by atoms with van der Waals surface area (Å²) in [6.45, 7) is 12.8. The molecule has 0 radical (unpaired) electrons. The molecule has 0 rings (SSSR count). The van der Waals surface area contributed by atoms with Gasteiger partial charge in [0.15, 0.2) is 0 Å². The lowest BCUT2D eigenvalue weighted by Gasteiger charge is -2.34. The van der Waals surface area contributed by atoms with E-state index in [-0.39, 0.29) is 6.10 Å². The van der Waals surface area contributed by atoms with Crippen LogP contribution < -0.4 is 5.73 Å². The monoisotopic (exact) mass is 201 g/mol. The Kier molecular flexibility index (Phi) is 5.68. The molecule has 0 spiro atoms. The van der Waals surface area contributed by atoms with Crippen molar-refractivity contribution >= 4 is 0 Å². The Bertz CT molecular complexity index is 126. The highest BCUT2D eigenvalue weighted by Gasteiger charge is 2.28. The molecule has 0 aromatic heterocycles. The molecule has 0 saturated carbocycles. The van der Waals surface area contributed by atoms with Crippen LogP contribution in [-0.2, 0) is 4.74 Å². The summed E-state index contributed by atoms with van der Waals surface area (Å²) in [6.07, 6.45) is 2.07. The highest BCUT2D eigenvalue weighted by molar-refractivity contribution is 4.77. The molecule has 0 aromatic carbocycles. The van der Waals surface area contributed by atoms with E-state index in [1.807, 2.05) is 13.8 Å². The third-order valence-electron chi connectivity index (χ3n) is 1.98. The lowest BCUT2D eigenvalue weighted by Crippen LogP contribution is -2.46. The molecule has 0 atom stereocenters. The highest BCUT2D eigenvalue weighted by Crippen LogP contribution is 2.25. The standard InChI is InChI=1S/C12H27NO/c1-9(2)7-12(13,8-10(3)4)14-11(5)6/h9-11H,7-8,13H2,1-6H3. The maximum Gasteiger partial charge on any atom is 0.117 e. The topological polar surface area (TPSA) is 35.2 Å². The van der Waals surface area contributed by atoms with Crippen LogP contribution in [0.15, 0.2) is 0 Å². The van der Waals surface area contributed by atoms with E-state index in [4.69, 9.17) is 10.5 Å². The fourth-order valence-electron chi connectivity index (χ4n) is 2.03. The molecule has 14 heavy (non-hydrogen) atoms. The second kappa shape index (κ2) is 5.72. The summed E-state index contributed by atoms with van der Waals surface area (Å²) >= 11 is 0. The van der Waals surface area contributed by atoms with Crippen molar-refractivity contribution in [2.75, 3.05) is 0 Å². The van der Waals surface area contributed by atoms with E-state index in [2.05, 4.69) is 27.7 Å².